The van der Waals surface area contributed by atoms with Crippen LogP contribution < -0.4 is 5.73 Å². The van der Waals surface area contributed by atoms with Crippen molar-refractivity contribution >= 4 is 28.7 Å². The minimum atomic E-state index is -1.04. The molecular formula is C11H15N5O3S. The largest absolute Gasteiger partial charge is 0.387 e. The first-order valence-electron chi connectivity index (χ1n) is 6.07. The zero-order valence-electron chi connectivity index (χ0n) is 10.7. The predicted octanol–water partition coefficient (Wildman–Crippen LogP) is -0.609. The Balaban J connectivity index is 1.97. The van der Waals surface area contributed by atoms with Crippen molar-refractivity contribution in [3.8, 4) is 0 Å². The van der Waals surface area contributed by atoms with Crippen LogP contribution in [0.1, 0.15) is 6.23 Å². The molecule has 0 saturated carbocycles. The van der Waals surface area contributed by atoms with E-state index >= 15 is 0 Å². The molecule has 20 heavy (non-hydrogen) atoms. The van der Waals surface area contributed by atoms with Crippen LogP contribution >= 0.6 is 11.8 Å². The Morgan fingerprint density at radius 1 is 1.35 bits per heavy atom. The van der Waals surface area contributed by atoms with Gasteiger partial charge in [-0.25, -0.2) is 15.0 Å². The summed E-state index contributed by atoms with van der Waals surface area (Å²) in [7, 11) is 0. The summed E-state index contributed by atoms with van der Waals surface area (Å²) in [4.78, 5) is 12.1. The third-order valence-electron chi connectivity index (χ3n) is 3.33. The number of nitrogen functional groups attached to an aromatic ring is 1. The number of hydrogen-bond donors (Lipinski definition) is 3. The van der Waals surface area contributed by atoms with Crippen LogP contribution in [0.2, 0.25) is 0 Å². The molecule has 0 radical (unpaired) electrons. The molecule has 1 saturated heterocycles. The number of thioether (sulfide) groups is 1. The summed E-state index contributed by atoms with van der Waals surface area (Å²) in [6, 6.07) is 0. The van der Waals surface area contributed by atoms with E-state index in [1.165, 1.54) is 12.7 Å². The van der Waals surface area contributed by atoms with Crippen molar-refractivity contribution in [3.05, 3.63) is 12.7 Å². The maximum atomic E-state index is 10.1. The second-order valence-corrected chi connectivity index (χ2v) is 5.50. The van der Waals surface area contributed by atoms with Crippen LogP contribution in [0.5, 0.6) is 0 Å². The molecular weight excluding hydrogens is 282 g/mol. The van der Waals surface area contributed by atoms with Crippen LogP contribution in [0.15, 0.2) is 12.7 Å². The summed E-state index contributed by atoms with van der Waals surface area (Å²) >= 11 is 1.54. The zero-order chi connectivity index (χ0) is 14.3. The standard InChI is InChI=1S/C11H15N5O3S/c1-20-2-5-7(17)8(18)11(19-5)16-4-15-6-9(12)13-3-14-10(6)16/h3-5,7-8,11,17-18H,2H2,1H3,(H2,12,13,14)/t5-,7-,8+,11-/m0/s1. The molecule has 4 atom stereocenters. The summed E-state index contributed by atoms with van der Waals surface area (Å²) < 4.78 is 7.29. The van der Waals surface area contributed by atoms with Gasteiger partial charge in [-0.1, -0.05) is 0 Å². The number of fused-ring (bicyclic) bond motifs is 1. The third-order valence-corrected chi connectivity index (χ3v) is 3.99. The van der Waals surface area contributed by atoms with Gasteiger partial charge in [0.15, 0.2) is 17.7 Å². The molecule has 0 spiro atoms. The van der Waals surface area contributed by atoms with Crippen molar-refractivity contribution in [1.29, 1.82) is 0 Å². The van der Waals surface area contributed by atoms with Crippen LogP contribution in [0, 0.1) is 0 Å². The molecule has 108 valence electrons. The molecule has 0 aliphatic carbocycles. The van der Waals surface area contributed by atoms with Crippen LogP contribution in [0.3, 0.4) is 0 Å². The number of nitrogens with two attached hydrogens (primary N) is 1. The lowest BCUT2D eigenvalue weighted by molar-refractivity contribution is -0.0288. The third kappa shape index (κ3) is 2.03. The highest BCUT2D eigenvalue weighted by Gasteiger charge is 2.43. The molecule has 2 aromatic heterocycles. The van der Waals surface area contributed by atoms with E-state index in [0.717, 1.165) is 0 Å². The number of imidazole rings is 1. The number of nitrogens with zero attached hydrogens (tertiary/aromatic N) is 4. The fraction of sp³-hybridized carbons (Fsp3) is 0.545. The average molecular weight is 297 g/mol. The molecule has 9 heteroatoms. The van der Waals surface area contributed by atoms with Crippen molar-refractivity contribution in [3.63, 3.8) is 0 Å². The topological polar surface area (TPSA) is 119 Å². The number of aromatic nitrogens is 4. The normalized spacial score (nSPS) is 30.1. The van der Waals surface area contributed by atoms with Gasteiger partial charge in [-0.2, -0.15) is 11.8 Å². The Labute approximate surface area is 119 Å². The minimum absolute atomic E-state index is 0.266. The molecule has 2 aromatic rings. The Bertz CT molecular complexity index is 621. The van der Waals surface area contributed by atoms with E-state index in [0.29, 0.717) is 16.9 Å². The molecule has 3 heterocycles. The number of aliphatic hydroxyl groups is 2. The van der Waals surface area contributed by atoms with Gasteiger partial charge in [0.05, 0.1) is 12.4 Å². The van der Waals surface area contributed by atoms with Crippen molar-refractivity contribution < 1.29 is 14.9 Å². The summed E-state index contributed by atoms with van der Waals surface area (Å²) in [6.07, 6.45) is 1.58. The van der Waals surface area contributed by atoms with Crippen LogP contribution in [-0.4, -0.2) is 60.1 Å². The monoisotopic (exact) mass is 297 g/mol. The average Bonchev–Trinajstić information content (AvgIpc) is 2.97. The van der Waals surface area contributed by atoms with E-state index in [2.05, 4.69) is 15.0 Å². The van der Waals surface area contributed by atoms with Crippen molar-refractivity contribution in [1.82, 2.24) is 19.5 Å². The van der Waals surface area contributed by atoms with Gasteiger partial charge < -0.3 is 20.7 Å². The first-order valence-corrected chi connectivity index (χ1v) is 7.46. The highest BCUT2D eigenvalue weighted by Crippen LogP contribution is 2.32. The van der Waals surface area contributed by atoms with Gasteiger partial charge in [-0.15, -0.1) is 0 Å². The van der Waals surface area contributed by atoms with E-state index in [9.17, 15) is 10.2 Å². The van der Waals surface area contributed by atoms with Gasteiger partial charge in [0.25, 0.3) is 0 Å². The molecule has 1 aliphatic heterocycles. The van der Waals surface area contributed by atoms with Gasteiger partial charge in [-0.3, -0.25) is 4.57 Å². The SMILES string of the molecule is CSC[C@@H]1O[C@H](n2cnc3c(N)ncnc32)[C@H](O)[C@H]1O. The maximum absolute atomic E-state index is 10.1. The van der Waals surface area contributed by atoms with E-state index in [1.807, 2.05) is 6.26 Å². The molecule has 1 aliphatic rings. The Kier molecular flexibility index (Phi) is 3.50. The van der Waals surface area contributed by atoms with E-state index in [1.54, 1.807) is 16.3 Å². The molecule has 0 unspecified atom stereocenters. The Hall–Kier alpha value is -1.42. The lowest BCUT2D eigenvalue weighted by Crippen LogP contribution is -2.32. The Morgan fingerprint density at radius 3 is 2.90 bits per heavy atom. The smallest absolute Gasteiger partial charge is 0.167 e. The summed E-state index contributed by atoms with van der Waals surface area (Å²) in [6.45, 7) is 0. The molecule has 0 aromatic carbocycles. The predicted molar refractivity (Wildman–Crippen MR) is 74.0 cm³/mol. The summed E-state index contributed by atoms with van der Waals surface area (Å²) in [5, 5.41) is 20.2. The van der Waals surface area contributed by atoms with Crippen molar-refractivity contribution in [2.45, 2.75) is 24.5 Å². The van der Waals surface area contributed by atoms with Crippen LogP contribution in [-0.2, 0) is 4.74 Å². The molecule has 4 N–H and O–H groups in total. The van der Waals surface area contributed by atoms with Crippen LogP contribution in [0.4, 0.5) is 5.82 Å². The minimum Gasteiger partial charge on any atom is -0.387 e. The zero-order valence-corrected chi connectivity index (χ0v) is 11.6. The summed E-state index contributed by atoms with van der Waals surface area (Å²) in [5.74, 6) is 0.862. The number of rotatable bonds is 3. The molecule has 0 bridgehead atoms. The molecule has 8 nitrogen and oxygen atoms in total. The number of aliphatic hydroxyl groups excluding tert-OH is 2. The second-order valence-electron chi connectivity index (χ2n) is 4.58. The number of ether oxygens (including phenoxy) is 1. The molecule has 0 amide bonds. The quantitative estimate of drug-likeness (QED) is 0.686. The molecule has 1 fully saturated rings. The van der Waals surface area contributed by atoms with Crippen molar-refractivity contribution in [2.24, 2.45) is 0 Å². The van der Waals surface area contributed by atoms with E-state index in [4.69, 9.17) is 10.5 Å². The van der Waals surface area contributed by atoms with Gasteiger partial charge in [-0.05, 0) is 6.26 Å². The number of anilines is 1. The fourth-order valence-electron chi connectivity index (χ4n) is 2.32. The number of hydrogen-bond acceptors (Lipinski definition) is 8. The first kappa shape index (κ1) is 13.6. The lowest BCUT2D eigenvalue weighted by Gasteiger charge is -2.16. The second kappa shape index (κ2) is 5.17. The van der Waals surface area contributed by atoms with E-state index in [-0.39, 0.29) is 5.82 Å². The Morgan fingerprint density at radius 2 is 2.15 bits per heavy atom. The lowest BCUT2D eigenvalue weighted by atomic mass is 10.1. The highest BCUT2D eigenvalue weighted by molar-refractivity contribution is 7.98. The van der Waals surface area contributed by atoms with E-state index < -0.39 is 24.5 Å². The van der Waals surface area contributed by atoms with Gasteiger partial charge in [0, 0.05) is 5.75 Å². The highest BCUT2D eigenvalue weighted by atomic mass is 32.2. The summed E-state index contributed by atoms with van der Waals surface area (Å²) in [5.41, 5.74) is 6.64. The molecule has 3 rings (SSSR count). The van der Waals surface area contributed by atoms with Crippen molar-refractivity contribution in [2.75, 3.05) is 17.7 Å². The van der Waals surface area contributed by atoms with Gasteiger partial charge in [0.1, 0.15) is 24.1 Å². The fourth-order valence-corrected chi connectivity index (χ4v) is 2.92. The van der Waals surface area contributed by atoms with Crippen LogP contribution in [0.25, 0.3) is 11.2 Å². The maximum Gasteiger partial charge on any atom is 0.167 e. The first-order chi connectivity index (χ1) is 9.63. The van der Waals surface area contributed by atoms with Gasteiger partial charge in [0.2, 0.25) is 0 Å². The van der Waals surface area contributed by atoms with Gasteiger partial charge >= 0.3 is 0 Å².